The molecular weight excluding hydrogens is 272 g/mol. The molecule has 0 saturated heterocycles. The molecule has 0 aromatic heterocycles. The predicted octanol–water partition coefficient (Wildman–Crippen LogP) is 2.67. The number of nitrogens with one attached hydrogen (secondary N) is 1. The Morgan fingerprint density at radius 3 is 2.50 bits per heavy atom. The number of halogens is 1. The summed E-state index contributed by atoms with van der Waals surface area (Å²) < 4.78 is 0. The van der Waals surface area contributed by atoms with Crippen molar-refractivity contribution in [2.75, 3.05) is 6.54 Å². The van der Waals surface area contributed by atoms with Crippen LogP contribution in [-0.4, -0.2) is 18.5 Å². The van der Waals surface area contributed by atoms with Gasteiger partial charge in [-0.3, -0.25) is 4.79 Å². The molecule has 1 aliphatic carbocycles. The Morgan fingerprint density at radius 1 is 1.30 bits per heavy atom. The van der Waals surface area contributed by atoms with Crippen molar-refractivity contribution in [2.24, 2.45) is 11.1 Å². The molecule has 2 rings (SSSR count). The molecule has 0 radical (unpaired) electrons. The average Bonchev–Trinajstić information content (AvgIpc) is 2.84. The first-order valence-electron chi connectivity index (χ1n) is 7.16. The van der Waals surface area contributed by atoms with E-state index in [1.165, 1.54) is 25.7 Å². The van der Waals surface area contributed by atoms with Crippen molar-refractivity contribution in [3.63, 3.8) is 0 Å². The molecule has 0 heterocycles. The minimum Gasteiger partial charge on any atom is -0.354 e. The lowest BCUT2D eigenvalue weighted by atomic mass is 9.89. The quantitative estimate of drug-likeness (QED) is 0.878. The number of nitrogens with two attached hydrogens (primary N) is 1. The molecule has 0 bridgehead atoms. The van der Waals surface area contributed by atoms with Crippen LogP contribution in [0.15, 0.2) is 30.3 Å². The zero-order valence-corrected chi connectivity index (χ0v) is 12.9. The first-order chi connectivity index (χ1) is 9.09. The molecule has 1 unspecified atom stereocenters. The van der Waals surface area contributed by atoms with Crippen LogP contribution in [0.1, 0.15) is 38.2 Å². The van der Waals surface area contributed by atoms with Crippen molar-refractivity contribution in [3.8, 4) is 0 Å². The number of carbonyl (C=O) groups excluding carboxylic acids is 1. The van der Waals surface area contributed by atoms with Gasteiger partial charge in [0.2, 0.25) is 5.91 Å². The topological polar surface area (TPSA) is 55.1 Å². The fourth-order valence-electron chi connectivity index (χ4n) is 2.80. The largest absolute Gasteiger partial charge is 0.354 e. The van der Waals surface area contributed by atoms with Crippen molar-refractivity contribution >= 4 is 18.3 Å². The Morgan fingerprint density at radius 2 is 1.90 bits per heavy atom. The standard InChI is InChI=1S/C16H24N2O.ClH/c1-16(9-5-6-10-16)12-18-15(19)14(17)11-13-7-3-2-4-8-13;/h2-4,7-8,14H,5-6,9-12,17H2,1H3,(H,18,19);1H. The van der Waals surface area contributed by atoms with Crippen molar-refractivity contribution in [2.45, 2.75) is 45.1 Å². The van der Waals surface area contributed by atoms with Crippen molar-refractivity contribution < 1.29 is 4.79 Å². The van der Waals surface area contributed by atoms with Gasteiger partial charge in [-0.1, -0.05) is 50.1 Å². The zero-order valence-electron chi connectivity index (χ0n) is 12.1. The lowest BCUT2D eigenvalue weighted by Gasteiger charge is -2.24. The Hall–Kier alpha value is -1.06. The minimum absolute atomic E-state index is 0. The SMILES string of the molecule is CC1(CNC(=O)C(N)Cc2ccccc2)CCCC1.Cl. The lowest BCUT2D eigenvalue weighted by molar-refractivity contribution is -0.122. The molecule has 0 spiro atoms. The summed E-state index contributed by atoms with van der Waals surface area (Å²) in [4.78, 5) is 12.0. The van der Waals surface area contributed by atoms with E-state index in [-0.39, 0.29) is 23.7 Å². The van der Waals surface area contributed by atoms with Crippen molar-refractivity contribution in [3.05, 3.63) is 35.9 Å². The number of hydrogen-bond acceptors (Lipinski definition) is 2. The van der Waals surface area contributed by atoms with Crippen molar-refractivity contribution in [1.29, 1.82) is 0 Å². The fourth-order valence-corrected chi connectivity index (χ4v) is 2.80. The number of carbonyl (C=O) groups is 1. The normalized spacial score (nSPS) is 18.1. The Kier molecular flexibility index (Phi) is 6.50. The van der Waals surface area contributed by atoms with Crippen LogP contribution >= 0.6 is 12.4 Å². The number of amides is 1. The highest BCUT2D eigenvalue weighted by molar-refractivity contribution is 5.85. The first kappa shape index (κ1) is 17.0. The van der Waals surface area contributed by atoms with Crippen LogP contribution in [0.5, 0.6) is 0 Å². The molecule has 1 fully saturated rings. The lowest BCUT2D eigenvalue weighted by Crippen LogP contribution is -2.45. The molecule has 1 aliphatic rings. The second kappa shape index (κ2) is 7.65. The molecule has 1 saturated carbocycles. The van der Waals surface area contributed by atoms with E-state index in [4.69, 9.17) is 5.73 Å². The monoisotopic (exact) mass is 296 g/mol. The summed E-state index contributed by atoms with van der Waals surface area (Å²) in [6.45, 7) is 3.01. The van der Waals surface area contributed by atoms with E-state index in [2.05, 4.69) is 12.2 Å². The van der Waals surface area contributed by atoms with E-state index in [1.807, 2.05) is 30.3 Å². The first-order valence-corrected chi connectivity index (χ1v) is 7.16. The van der Waals surface area contributed by atoms with Gasteiger partial charge in [-0.15, -0.1) is 12.4 Å². The molecule has 1 atom stereocenters. The van der Waals surface area contributed by atoms with E-state index < -0.39 is 6.04 Å². The smallest absolute Gasteiger partial charge is 0.237 e. The summed E-state index contributed by atoms with van der Waals surface area (Å²) in [6, 6.07) is 9.47. The summed E-state index contributed by atoms with van der Waals surface area (Å²) in [7, 11) is 0. The third kappa shape index (κ3) is 4.80. The Balaban J connectivity index is 0.00000200. The van der Waals surface area contributed by atoms with E-state index in [9.17, 15) is 4.79 Å². The number of rotatable bonds is 5. The molecule has 20 heavy (non-hydrogen) atoms. The minimum atomic E-state index is -0.451. The third-order valence-corrected chi connectivity index (χ3v) is 4.14. The van der Waals surface area contributed by atoms with Crippen molar-refractivity contribution in [1.82, 2.24) is 5.32 Å². The maximum atomic E-state index is 12.0. The van der Waals surface area contributed by atoms with Gasteiger partial charge < -0.3 is 11.1 Å². The van der Waals surface area contributed by atoms with Gasteiger partial charge >= 0.3 is 0 Å². The van der Waals surface area contributed by atoms with Gasteiger partial charge in [0.25, 0.3) is 0 Å². The van der Waals surface area contributed by atoms with Gasteiger partial charge in [0.15, 0.2) is 0 Å². The van der Waals surface area contributed by atoms with Crippen LogP contribution < -0.4 is 11.1 Å². The van der Waals surface area contributed by atoms with Crippen LogP contribution in [-0.2, 0) is 11.2 Å². The predicted molar refractivity (Wildman–Crippen MR) is 85.0 cm³/mol. The molecule has 112 valence electrons. The summed E-state index contributed by atoms with van der Waals surface area (Å²) in [5.74, 6) is -0.0306. The van der Waals surface area contributed by atoms with Crippen LogP contribution in [0.4, 0.5) is 0 Å². The van der Waals surface area contributed by atoms with E-state index in [0.29, 0.717) is 6.42 Å². The molecule has 1 aromatic carbocycles. The van der Waals surface area contributed by atoms with E-state index in [0.717, 1.165) is 12.1 Å². The molecule has 3 N–H and O–H groups in total. The average molecular weight is 297 g/mol. The molecule has 1 aromatic rings. The van der Waals surface area contributed by atoms with E-state index >= 15 is 0 Å². The Bertz CT molecular complexity index is 416. The summed E-state index contributed by atoms with van der Waals surface area (Å²) in [6.07, 6.45) is 5.58. The molecule has 3 nitrogen and oxygen atoms in total. The highest BCUT2D eigenvalue weighted by Gasteiger charge is 2.29. The van der Waals surface area contributed by atoms with Gasteiger partial charge in [0.1, 0.15) is 0 Å². The van der Waals surface area contributed by atoms with Gasteiger partial charge in [0.05, 0.1) is 6.04 Å². The van der Waals surface area contributed by atoms with Crippen LogP contribution in [0.25, 0.3) is 0 Å². The fraction of sp³-hybridized carbons (Fsp3) is 0.562. The van der Waals surface area contributed by atoms with Gasteiger partial charge in [-0.25, -0.2) is 0 Å². The number of benzene rings is 1. The summed E-state index contributed by atoms with van der Waals surface area (Å²) in [5.41, 5.74) is 7.35. The molecule has 0 aliphatic heterocycles. The van der Waals surface area contributed by atoms with E-state index in [1.54, 1.807) is 0 Å². The molecule has 1 amide bonds. The third-order valence-electron chi connectivity index (χ3n) is 4.14. The van der Waals surface area contributed by atoms with Gasteiger partial charge in [0, 0.05) is 6.54 Å². The molecular formula is C16H25ClN2O. The highest BCUT2D eigenvalue weighted by Crippen LogP contribution is 2.36. The summed E-state index contributed by atoms with van der Waals surface area (Å²) >= 11 is 0. The second-order valence-corrected chi connectivity index (χ2v) is 6.03. The van der Waals surface area contributed by atoms with Gasteiger partial charge in [-0.2, -0.15) is 0 Å². The zero-order chi connectivity index (χ0) is 13.7. The van der Waals surface area contributed by atoms with Crippen LogP contribution in [0, 0.1) is 5.41 Å². The maximum Gasteiger partial charge on any atom is 0.237 e. The number of hydrogen-bond donors (Lipinski definition) is 2. The highest BCUT2D eigenvalue weighted by atomic mass is 35.5. The Labute approximate surface area is 127 Å². The second-order valence-electron chi connectivity index (χ2n) is 6.03. The van der Waals surface area contributed by atoms with Crippen LogP contribution in [0.3, 0.4) is 0 Å². The maximum absolute atomic E-state index is 12.0. The molecule has 4 heteroatoms. The van der Waals surface area contributed by atoms with Crippen LogP contribution in [0.2, 0.25) is 0 Å². The summed E-state index contributed by atoms with van der Waals surface area (Å²) in [5, 5.41) is 3.02. The van der Waals surface area contributed by atoms with Gasteiger partial charge in [-0.05, 0) is 30.2 Å².